The molecule has 0 unspecified atom stereocenters. The Morgan fingerprint density at radius 2 is 1.72 bits per heavy atom. The van der Waals surface area contributed by atoms with Crippen LogP contribution in [0, 0.1) is 19.3 Å². The van der Waals surface area contributed by atoms with E-state index in [1.807, 2.05) is 30.5 Å². The summed E-state index contributed by atoms with van der Waals surface area (Å²) in [6.07, 6.45) is -4.22. The van der Waals surface area contributed by atoms with E-state index in [4.69, 9.17) is 0 Å². The van der Waals surface area contributed by atoms with E-state index in [-0.39, 0.29) is 18.9 Å². The maximum atomic E-state index is 13.5. The van der Waals surface area contributed by atoms with Gasteiger partial charge in [0.05, 0.1) is 11.0 Å². The Morgan fingerprint density at radius 3 is 2.36 bits per heavy atom. The highest BCUT2D eigenvalue weighted by Crippen LogP contribution is 2.43. The van der Waals surface area contributed by atoms with Crippen molar-refractivity contribution < 1.29 is 23.1 Å². The number of nitrogens with zero attached hydrogens (tertiary/aromatic N) is 1. The van der Waals surface area contributed by atoms with Crippen LogP contribution in [-0.2, 0) is 23.9 Å². The number of alkyl halides is 3. The quantitative estimate of drug-likeness (QED) is 0.236. The Hall–Kier alpha value is -3.19. The van der Waals surface area contributed by atoms with Crippen LogP contribution >= 0.6 is 11.8 Å². The van der Waals surface area contributed by atoms with Crippen LogP contribution < -0.4 is 0 Å². The predicted octanol–water partition coefficient (Wildman–Crippen LogP) is 9.25. The third-order valence-electron chi connectivity index (χ3n) is 7.15. The van der Waals surface area contributed by atoms with Gasteiger partial charge in [-0.1, -0.05) is 55.9 Å². The molecule has 0 atom stereocenters. The number of benzene rings is 3. The largest absolute Gasteiger partial charge is 0.481 e. The summed E-state index contributed by atoms with van der Waals surface area (Å²) >= 11 is 1.60. The molecule has 0 amide bonds. The Labute approximate surface area is 232 Å². The number of carboxylic acids is 1. The SMILES string of the molecule is Cc1ccc(C)c(Sc2c(CC(C)(C)C(=O)O)n(Cc3cccc(C(F)(F)F)c3)c3ccc(C(C)C)cc23)c1. The zero-order valence-electron chi connectivity index (χ0n) is 23.1. The summed E-state index contributed by atoms with van der Waals surface area (Å²) in [5.41, 5.74) is 3.77. The average molecular weight is 554 g/mol. The predicted molar refractivity (Wildman–Crippen MR) is 152 cm³/mol. The molecule has 4 rings (SSSR count). The molecule has 0 aliphatic heterocycles. The highest BCUT2D eigenvalue weighted by atomic mass is 32.2. The smallest absolute Gasteiger partial charge is 0.416 e. The molecule has 4 aromatic rings. The van der Waals surface area contributed by atoms with Crippen molar-refractivity contribution in [2.75, 3.05) is 0 Å². The second kappa shape index (κ2) is 10.8. The number of halogens is 3. The number of rotatable bonds is 8. The first kappa shape index (κ1) is 28.8. The van der Waals surface area contributed by atoms with Crippen molar-refractivity contribution in [1.82, 2.24) is 4.57 Å². The van der Waals surface area contributed by atoms with Gasteiger partial charge in [-0.25, -0.2) is 0 Å². The van der Waals surface area contributed by atoms with E-state index in [0.717, 1.165) is 49.1 Å². The summed E-state index contributed by atoms with van der Waals surface area (Å²) in [5, 5.41) is 11.0. The molecule has 1 heterocycles. The van der Waals surface area contributed by atoms with Gasteiger partial charge in [0.1, 0.15) is 0 Å². The highest BCUT2D eigenvalue weighted by Gasteiger charge is 2.33. The first-order valence-electron chi connectivity index (χ1n) is 13.0. The van der Waals surface area contributed by atoms with Gasteiger partial charge in [0.25, 0.3) is 0 Å². The topological polar surface area (TPSA) is 42.2 Å². The monoisotopic (exact) mass is 553 g/mol. The zero-order chi connectivity index (χ0) is 28.7. The summed E-state index contributed by atoms with van der Waals surface area (Å²) in [5.74, 6) is -0.650. The molecule has 3 aromatic carbocycles. The number of aromatic nitrogens is 1. The Morgan fingerprint density at radius 1 is 1.00 bits per heavy atom. The fraction of sp³-hybridized carbons (Fsp3) is 0.344. The average Bonchev–Trinajstić information content (AvgIpc) is 3.12. The lowest BCUT2D eigenvalue weighted by atomic mass is 9.88. The van der Waals surface area contributed by atoms with Gasteiger partial charge in [-0.3, -0.25) is 4.79 Å². The molecule has 0 aliphatic carbocycles. The number of aryl methyl sites for hydroxylation is 2. The lowest BCUT2D eigenvalue weighted by molar-refractivity contribution is -0.147. The van der Waals surface area contributed by atoms with Gasteiger partial charge in [0, 0.05) is 39.4 Å². The maximum Gasteiger partial charge on any atom is 0.416 e. The molecular formula is C32H34F3NO2S. The number of carbonyl (C=O) groups is 1. The van der Waals surface area contributed by atoms with Crippen molar-refractivity contribution in [3.8, 4) is 0 Å². The molecule has 39 heavy (non-hydrogen) atoms. The molecule has 0 saturated carbocycles. The minimum absolute atomic E-state index is 0.194. The molecule has 7 heteroatoms. The van der Waals surface area contributed by atoms with Crippen LogP contribution in [0.4, 0.5) is 13.2 Å². The van der Waals surface area contributed by atoms with Crippen molar-refractivity contribution >= 4 is 28.6 Å². The van der Waals surface area contributed by atoms with Crippen molar-refractivity contribution in [1.29, 1.82) is 0 Å². The molecule has 0 aliphatic rings. The van der Waals surface area contributed by atoms with Crippen LogP contribution in [0.2, 0.25) is 0 Å². The second-order valence-electron chi connectivity index (χ2n) is 11.2. The first-order chi connectivity index (χ1) is 18.2. The third kappa shape index (κ3) is 6.19. The molecule has 1 N–H and O–H groups in total. The van der Waals surface area contributed by atoms with Crippen LogP contribution in [0.25, 0.3) is 10.9 Å². The lowest BCUT2D eigenvalue weighted by Gasteiger charge is -2.22. The minimum Gasteiger partial charge on any atom is -0.481 e. The zero-order valence-corrected chi connectivity index (χ0v) is 23.9. The van der Waals surface area contributed by atoms with Gasteiger partial charge in [-0.05, 0) is 86.2 Å². The van der Waals surface area contributed by atoms with Gasteiger partial charge in [0.15, 0.2) is 0 Å². The first-order valence-corrected chi connectivity index (χ1v) is 13.8. The van der Waals surface area contributed by atoms with Crippen molar-refractivity contribution in [3.63, 3.8) is 0 Å². The third-order valence-corrected chi connectivity index (χ3v) is 8.47. The van der Waals surface area contributed by atoms with Crippen molar-refractivity contribution in [3.05, 3.63) is 94.2 Å². The summed E-state index contributed by atoms with van der Waals surface area (Å²) in [4.78, 5) is 14.2. The van der Waals surface area contributed by atoms with Gasteiger partial charge in [0.2, 0.25) is 0 Å². The molecule has 0 bridgehead atoms. The van der Waals surface area contributed by atoms with E-state index < -0.39 is 23.1 Å². The summed E-state index contributed by atoms with van der Waals surface area (Å²) < 4.78 is 42.5. The van der Waals surface area contributed by atoms with Crippen LogP contribution in [-0.4, -0.2) is 15.6 Å². The molecule has 1 aromatic heterocycles. The fourth-order valence-electron chi connectivity index (χ4n) is 4.67. The molecule has 0 radical (unpaired) electrons. The summed E-state index contributed by atoms with van der Waals surface area (Å²) in [7, 11) is 0. The molecule has 0 saturated heterocycles. The number of hydrogen-bond donors (Lipinski definition) is 1. The standard InChI is InChI=1S/C32H34F3NO2S/c1-19(2)23-12-13-26-25(16-23)29(39-28-14-20(3)10-11-21(28)4)27(17-31(5,6)30(37)38)36(26)18-22-8-7-9-24(15-22)32(33,34)35/h7-16,19H,17-18H2,1-6H3,(H,37,38). The normalized spacial score (nSPS) is 12.5. The Balaban J connectivity index is 2.00. The fourth-order valence-corrected chi connectivity index (χ4v) is 5.94. The van der Waals surface area contributed by atoms with Crippen LogP contribution in [0.5, 0.6) is 0 Å². The highest BCUT2D eigenvalue weighted by molar-refractivity contribution is 7.99. The van der Waals surface area contributed by atoms with Gasteiger partial charge in [-0.15, -0.1) is 0 Å². The summed E-state index contributed by atoms with van der Waals surface area (Å²) in [6.45, 7) is 11.9. The maximum absolute atomic E-state index is 13.5. The number of hydrogen-bond acceptors (Lipinski definition) is 2. The van der Waals surface area contributed by atoms with Crippen LogP contribution in [0.15, 0.2) is 70.5 Å². The molecule has 206 valence electrons. The number of carboxylic acid groups (broad SMARTS) is 1. The number of fused-ring (bicyclic) bond motifs is 1. The Bertz CT molecular complexity index is 1530. The molecule has 0 spiro atoms. The van der Waals surface area contributed by atoms with E-state index >= 15 is 0 Å². The minimum atomic E-state index is -4.45. The van der Waals surface area contributed by atoms with E-state index in [9.17, 15) is 23.1 Å². The van der Waals surface area contributed by atoms with Gasteiger partial charge < -0.3 is 9.67 Å². The number of aliphatic carboxylic acids is 1. The van der Waals surface area contributed by atoms with Crippen molar-refractivity contribution in [2.45, 2.75) is 76.4 Å². The Kier molecular flexibility index (Phi) is 7.95. The van der Waals surface area contributed by atoms with E-state index in [0.29, 0.717) is 5.56 Å². The van der Waals surface area contributed by atoms with Gasteiger partial charge >= 0.3 is 12.1 Å². The van der Waals surface area contributed by atoms with E-state index in [1.54, 1.807) is 31.7 Å². The molecule has 0 fully saturated rings. The van der Waals surface area contributed by atoms with Crippen LogP contribution in [0.3, 0.4) is 0 Å². The second-order valence-corrected chi connectivity index (χ2v) is 12.3. The lowest BCUT2D eigenvalue weighted by Crippen LogP contribution is -2.27. The summed E-state index contributed by atoms with van der Waals surface area (Å²) in [6, 6.07) is 17.8. The van der Waals surface area contributed by atoms with Gasteiger partial charge in [-0.2, -0.15) is 13.2 Å². The molecule has 3 nitrogen and oxygen atoms in total. The van der Waals surface area contributed by atoms with Crippen LogP contribution in [0.1, 0.15) is 67.1 Å². The van der Waals surface area contributed by atoms with E-state index in [2.05, 4.69) is 38.1 Å². The van der Waals surface area contributed by atoms with Crippen molar-refractivity contribution in [2.24, 2.45) is 5.41 Å². The van der Waals surface area contributed by atoms with E-state index in [1.165, 1.54) is 12.1 Å². The molecular weight excluding hydrogens is 519 g/mol.